The Morgan fingerprint density at radius 3 is 2.75 bits per heavy atom. The number of carbonyl (C=O) groups excluding carboxylic acids is 1. The van der Waals surface area contributed by atoms with Crippen LogP contribution in [0.3, 0.4) is 0 Å². The number of halogens is 2. The van der Waals surface area contributed by atoms with Crippen LogP contribution in [0.4, 0.5) is 14.6 Å². The second-order valence-electron chi connectivity index (χ2n) is 7.31. The third-order valence-corrected chi connectivity index (χ3v) is 5.06. The molecule has 2 heterocycles. The van der Waals surface area contributed by atoms with Crippen molar-refractivity contribution in [1.29, 1.82) is 0 Å². The van der Waals surface area contributed by atoms with Gasteiger partial charge in [-0.05, 0) is 26.3 Å². The summed E-state index contributed by atoms with van der Waals surface area (Å²) in [4.78, 5) is 24.6. The highest BCUT2D eigenvalue weighted by Crippen LogP contribution is 2.24. The van der Waals surface area contributed by atoms with Gasteiger partial charge in [0.2, 0.25) is 5.82 Å². The molecule has 6 nitrogen and oxygen atoms in total. The van der Waals surface area contributed by atoms with E-state index >= 15 is 0 Å². The quantitative estimate of drug-likeness (QED) is 0.851. The largest absolute Gasteiger partial charge is 0.355 e. The van der Waals surface area contributed by atoms with Crippen LogP contribution in [0.25, 0.3) is 0 Å². The van der Waals surface area contributed by atoms with E-state index in [1.165, 1.54) is 11.0 Å². The van der Waals surface area contributed by atoms with Gasteiger partial charge in [0.25, 0.3) is 5.91 Å². The number of carbonyl (C=O) groups is 1. The summed E-state index contributed by atoms with van der Waals surface area (Å²) < 4.78 is 27.2. The van der Waals surface area contributed by atoms with E-state index in [0.717, 1.165) is 36.1 Å². The fraction of sp³-hybridized carbons (Fsp3) is 0.450. The van der Waals surface area contributed by atoms with Gasteiger partial charge in [-0.1, -0.05) is 12.1 Å². The molecule has 0 unspecified atom stereocenters. The zero-order valence-corrected chi connectivity index (χ0v) is 16.6. The molecule has 0 spiro atoms. The highest BCUT2D eigenvalue weighted by atomic mass is 19.2. The highest BCUT2D eigenvalue weighted by Gasteiger charge is 2.27. The van der Waals surface area contributed by atoms with E-state index < -0.39 is 11.6 Å². The molecule has 1 fully saturated rings. The Kier molecular flexibility index (Phi) is 5.88. The van der Waals surface area contributed by atoms with Crippen LogP contribution in [0.15, 0.2) is 18.2 Å². The van der Waals surface area contributed by atoms with Crippen LogP contribution < -0.4 is 10.2 Å². The van der Waals surface area contributed by atoms with Crippen molar-refractivity contribution in [2.45, 2.75) is 32.9 Å². The summed E-state index contributed by atoms with van der Waals surface area (Å²) in [6, 6.07) is 4.32. The Balaban J connectivity index is 1.71. The number of hydrogen-bond acceptors (Lipinski definition) is 5. The Labute approximate surface area is 163 Å². The van der Waals surface area contributed by atoms with E-state index in [0.29, 0.717) is 12.1 Å². The van der Waals surface area contributed by atoms with E-state index in [2.05, 4.69) is 20.2 Å². The molecule has 2 aromatic rings. The Morgan fingerprint density at radius 2 is 2.04 bits per heavy atom. The minimum absolute atomic E-state index is 0.116. The van der Waals surface area contributed by atoms with Crippen molar-refractivity contribution in [2.75, 3.05) is 32.1 Å². The molecule has 1 aliphatic heterocycles. The summed E-state index contributed by atoms with van der Waals surface area (Å²) in [5.41, 5.74) is 2.02. The lowest BCUT2D eigenvalue weighted by Crippen LogP contribution is -2.33. The molecule has 1 aliphatic rings. The topological polar surface area (TPSA) is 61.4 Å². The van der Waals surface area contributed by atoms with Crippen LogP contribution in [-0.4, -0.2) is 54.0 Å². The maximum Gasteiger partial charge on any atom is 0.291 e. The third-order valence-electron chi connectivity index (χ3n) is 5.06. The first kappa shape index (κ1) is 20.1. The predicted molar refractivity (Wildman–Crippen MR) is 103 cm³/mol. The molecule has 0 saturated carbocycles. The first-order valence-electron chi connectivity index (χ1n) is 9.26. The normalized spacial score (nSPS) is 16.5. The summed E-state index contributed by atoms with van der Waals surface area (Å²) in [5.74, 6) is -0.948. The van der Waals surface area contributed by atoms with Gasteiger partial charge >= 0.3 is 0 Å². The van der Waals surface area contributed by atoms with Crippen LogP contribution in [0.5, 0.6) is 0 Å². The lowest BCUT2D eigenvalue weighted by atomic mass is 10.2. The van der Waals surface area contributed by atoms with E-state index in [1.807, 2.05) is 13.8 Å². The lowest BCUT2D eigenvalue weighted by molar-refractivity contribution is 0.0815. The molecule has 8 heteroatoms. The SMILES string of the molecule is Cc1nc(C(=O)N(C)C)nc(N2CC[C@@H](NCc3cccc(F)c3F)C2)c1C. The van der Waals surface area contributed by atoms with Crippen LogP contribution in [0, 0.1) is 25.5 Å². The minimum Gasteiger partial charge on any atom is -0.355 e. The van der Waals surface area contributed by atoms with Crippen LogP contribution in [-0.2, 0) is 6.54 Å². The van der Waals surface area contributed by atoms with E-state index in [9.17, 15) is 13.6 Å². The van der Waals surface area contributed by atoms with Crippen LogP contribution >= 0.6 is 0 Å². The molecule has 3 rings (SSSR count). The maximum absolute atomic E-state index is 13.8. The molecule has 150 valence electrons. The predicted octanol–water partition coefficient (Wildman–Crippen LogP) is 2.44. The van der Waals surface area contributed by atoms with Crippen molar-refractivity contribution in [3.63, 3.8) is 0 Å². The Morgan fingerprint density at radius 1 is 1.29 bits per heavy atom. The summed E-state index contributed by atoms with van der Waals surface area (Å²) in [7, 11) is 3.34. The molecule has 0 aliphatic carbocycles. The number of anilines is 1. The second-order valence-corrected chi connectivity index (χ2v) is 7.31. The average molecular weight is 389 g/mol. The number of amides is 1. The molecular weight excluding hydrogens is 364 g/mol. The van der Waals surface area contributed by atoms with Crippen molar-refractivity contribution < 1.29 is 13.6 Å². The molecule has 1 aromatic carbocycles. The fourth-order valence-electron chi connectivity index (χ4n) is 3.28. The summed E-state index contributed by atoms with van der Waals surface area (Å²) >= 11 is 0. The summed E-state index contributed by atoms with van der Waals surface area (Å²) in [5, 5.41) is 3.29. The zero-order chi connectivity index (χ0) is 20.4. The second kappa shape index (κ2) is 8.18. The smallest absolute Gasteiger partial charge is 0.291 e. The first-order valence-corrected chi connectivity index (χ1v) is 9.26. The number of aryl methyl sites for hydroxylation is 1. The average Bonchev–Trinajstić information content (AvgIpc) is 3.13. The van der Waals surface area contributed by atoms with Gasteiger partial charge in [-0.25, -0.2) is 18.7 Å². The highest BCUT2D eigenvalue weighted by molar-refractivity contribution is 5.90. The molecule has 1 amide bonds. The van der Waals surface area contributed by atoms with Crippen molar-refractivity contribution in [2.24, 2.45) is 0 Å². The van der Waals surface area contributed by atoms with Crippen molar-refractivity contribution >= 4 is 11.7 Å². The number of nitrogens with zero attached hydrogens (tertiary/aromatic N) is 4. The first-order chi connectivity index (χ1) is 13.3. The molecule has 1 atom stereocenters. The Bertz CT molecular complexity index is 887. The molecular formula is C20H25F2N5O. The van der Waals surface area contributed by atoms with Gasteiger partial charge in [-0.3, -0.25) is 4.79 Å². The number of hydrogen-bond donors (Lipinski definition) is 1. The van der Waals surface area contributed by atoms with Gasteiger partial charge in [0.1, 0.15) is 5.82 Å². The van der Waals surface area contributed by atoms with Gasteiger partial charge < -0.3 is 15.1 Å². The number of nitrogens with one attached hydrogen (secondary N) is 1. The van der Waals surface area contributed by atoms with Gasteiger partial charge in [0.05, 0.1) is 0 Å². The van der Waals surface area contributed by atoms with Crippen LogP contribution in [0.2, 0.25) is 0 Å². The van der Waals surface area contributed by atoms with Crippen LogP contribution in [0.1, 0.15) is 33.9 Å². The monoisotopic (exact) mass is 389 g/mol. The van der Waals surface area contributed by atoms with Crippen molar-refractivity contribution in [3.05, 3.63) is 52.5 Å². The van der Waals surface area contributed by atoms with Gasteiger partial charge in [0, 0.05) is 56.6 Å². The zero-order valence-electron chi connectivity index (χ0n) is 16.6. The molecule has 0 bridgehead atoms. The summed E-state index contributed by atoms with van der Waals surface area (Å²) in [6.45, 7) is 5.50. The van der Waals surface area contributed by atoms with Gasteiger partial charge in [-0.15, -0.1) is 0 Å². The third kappa shape index (κ3) is 4.11. The summed E-state index contributed by atoms with van der Waals surface area (Å²) in [6.07, 6.45) is 0.844. The molecule has 0 radical (unpaired) electrons. The molecule has 1 saturated heterocycles. The molecule has 1 aromatic heterocycles. The van der Waals surface area contributed by atoms with E-state index in [4.69, 9.17) is 0 Å². The standard InChI is InChI=1S/C20H25F2N5O/c1-12-13(2)24-18(20(28)26(3)4)25-19(12)27-9-8-15(11-27)23-10-14-6-5-7-16(21)17(14)22/h5-7,15,23H,8-11H2,1-4H3/t15-/m1/s1. The fourth-order valence-corrected chi connectivity index (χ4v) is 3.28. The number of benzene rings is 1. The van der Waals surface area contributed by atoms with Gasteiger partial charge in [-0.2, -0.15) is 0 Å². The minimum atomic E-state index is -0.836. The van der Waals surface area contributed by atoms with E-state index in [1.54, 1.807) is 20.2 Å². The number of aromatic nitrogens is 2. The van der Waals surface area contributed by atoms with Gasteiger partial charge in [0.15, 0.2) is 11.6 Å². The molecule has 1 N–H and O–H groups in total. The molecule has 28 heavy (non-hydrogen) atoms. The maximum atomic E-state index is 13.8. The Hall–Kier alpha value is -2.61. The van der Waals surface area contributed by atoms with Crippen molar-refractivity contribution in [1.82, 2.24) is 20.2 Å². The van der Waals surface area contributed by atoms with Crippen molar-refractivity contribution in [3.8, 4) is 0 Å². The number of rotatable bonds is 5. The lowest BCUT2D eigenvalue weighted by Gasteiger charge is -2.22. The van der Waals surface area contributed by atoms with E-state index in [-0.39, 0.29) is 24.3 Å².